The Morgan fingerprint density at radius 2 is 0.500 bits per heavy atom. The minimum Gasteiger partial charge on any atom is -0.462 e. The van der Waals surface area contributed by atoms with Crippen molar-refractivity contribution in [3.05, 3.63) is 0 Å². The van der Waals surface area contributed by atoms with Gasteiger partial charge in [-0.2, -0.15) is 0 Å². The van der Waals surface area contributed by atoms with Crippen LogP contribution in [0.4, 0.5) is 0 Å². The second kappa shape index (κ2) is 66.3. The van der Waals surface area contributed by atoms with Crippen LogP contribution in [0.2, 0.25) is 0 Å². The molecule has 0 rings (SSSR count). The molecule has 19 heteroatoms. The molecule has 96 heavy (non-hydrogen) atoms. The SMILES string of the molecule is CCC(C)CCCCCCCCC(=O)OC[C@H](COP(=O)(O)OC[C@H](O)COP(=O)(O)OC[C@@H](COC(=O)CCCCCCCCCCCCCCCCCC(C)C)OC(=O)CCCCCCCCCCCCCCC(C)C)OC(=O)CCCCCCCCCCCCC(C)C. The van der Waals surface area contributed by atoms with Crippen molar-refractivity contribution in [1.29, 1.82) is 0 Å². The third-order valence-corrected chi connectivity index (χ3v) is 20.1. The molecule has 0 aliphatic rings. The Balaban J connectivity index is 5.25. The minimum absolute atomic E-state index is 0.105. The Morgan fingerprint density at radius 3 is 0.740 bits per heavy atom. The summed E-state index contributed by atoms with van der Waals surface area (Å²) in [6.45, 7) is 14.2. The number of rotatable bonds is 74. The number of phosphoric acid groups is 2. The lowest BCUT2D eigenvalue weighted by Crippen LogP contribution is -2.30. The predicted octanol–water partition coefficient (Wildman–Crippen LogP) is 22.4. The van der Waals surface area contributed by atoms with Crippen LogP contribution in [0, 0.1) is 23.7 Å². The molecule has 0 radical (unpaired) electrons. The van der Waals surface area contributed by atoms with Gasteiger partial charge in [-0.15, -0.1) is 0 Å². The van der Waals surface area contributed by atoms with Crippen molar-refractivity contribution in [3.63, 3.8) is 0 Å². The van der Waals surface area contributed by atoms with Crippen LogP contribution >= 0.6 is 15.6 Å². The van der Waals surface area contributed by atoms with E-state index >= 15 is 0 Å². The third-order valence-electron chi connectivity index (χ3n) is 18.2. The molecule has 0 amide bonds. The maximum Gasteiger partial charge on any atom is 0.472 e. The molecular weight excluding hydrogens is 1260 g/mol. The molecule has 0 aliphatic carbocycles. The van der Waals surface area contributed by atoms with Crippen molar-refractivity contribution in [2.24, 2.45) is 23.7 Å². The highest BCUT2D eigenvalue weighted by atomic mass is 31.2. The Bertz CT molecular complexity index is 1890. The summed E-state index contributed by atoms with van der Waals surface area (Å²) in [6, 6.07) is 0. The molecule has 3 N–H and O–H groups in total. The van der Waals surface area contributed by atoms with E-state index in [4.69, 9.17) is 37.0 Å². The molecule has 0 fully saturated rings. The van der Waals surface area contributed by atoms with Crippen LogP contribution in [0.1, 0.15) is 389 Å². The van der Waals surface area contributed by atoms with E-state index in [0.29, 0.717) is 25.7 Å². The number of phosphoric ester groups is 2. The van der Waals surface area contributed by atoms with Gasteiger partial charge in [0, 0.05) is 25.7 Å². The lowest BCUT2D eigenvalue weighted by Gasteiger charge is -2.21. The molecule has 0 heterocycles. The van der Waals surface area contributed by atoms with Gasteiger partial charge in [-0.25, -0.2) is 9.13 Å². The highest BCUT2D eigenvalue weighted by Crippen LogP contribution is 2.45. The van der Waals surface area contributed by atoms with Gasteiger partial charge in [0.1, 0.15) is 19.3 Å². The number of aliphatic hydroxyl groups is 1. The molecule has 0 saturated heterocycles. The van der Waals surface area contributed by atoms with E-state index in [1.807, 2.05) is 0 Å². The van der Waals surface area contributed by atoms with Crippen LogP contribution in [-0.4, -0.2) is 96.7 Å². The van der Waals surface area contributed by atoms with Crippen LogP contribution in [0.5, 0.6) is 0 Å². The van der Waals surface area contributed by atoms with E-state index in [1.54, 1.807) is 0 Å². The average molecular weight is 1410 g/mol. The number of carbonyl (C=O) groups is 4. The van der Waals surface area contributed by atoms with Crippen molar-refractivity contribution in [3.8, 4) is 0 Å². The van der Waals surface area contributed by atoms with Crippen molar-refractivity contribution in [2.75, 3.05) is 39.6 Å². The van der Waals surface area contributed by atoms with E-state index in [2.05, 4.69) is 55.4 Å². The molecule has 0 aliphatic heterocycles. The number of hydrogen-bond acceptors (Lipinski definition) is 15. The fourth-order valence-corrected chi connectivity index (χ4v) is 13.3. The molecule has 0 saturated carbocycles. The number of aliphatic hydroxyl groups excluding tert-OH is 1. The largest absolute Gasteiger partial charge is 0.472 e. The fraction of sp³-hybridized carbons (Fsp3) is 0.948. The number of carbonyl (C=O) groups excluding carboxylic acids is 4. The van der Waals surface area contributed by atoms with Gasteiger partial charge in [-0.3, -0.25) is 37.3 Å². The van der Waals surface area contributed by atoms with Crippen LogP contribution in [0.15, 0.2) is 0 Å². The molecule has 6 atom stereocenters. The van der Waals surface area contributed by atoms with Crippen molar-refractivity contribution >= 4 is 39.5 Å². The van der Waals surface area contributed by atoms with Crippen LogP contribution in [-0.2, 0) is 65.4 Å². The molecule has 0 spiro atoms. The zero-order valence-corrected chi connectivity index (χ0v) is 64.8. The first-order valence-electron chi connectivity index (χ1n) is 39.7. The monoisotopic (exact) mass is 1410 g/mol. The van der Waals surface area contributed by atoms with Crippen molar-refractivity contribution in [1.82, 2.24) is 0 Å². The molecule has 0 bridgehead atoms. The predicted molar refractivity (Wildman–Crippen MR) is 391 cm³/mol. The van der Waals surface area contributed by atoms with Crippen LogP contribution < -0.4 is 0 Å². The van der Waals surface area contributed by atoms with E-state index < -0.39 is 97.5 Å². The standard InChI is InChI=1S/C77H150O17P2/c1-9-70(8)56-48-40-35-36-42-50-58-75(80)88-64-73(94-77(82)60-52-44-34-28-22-21-25-31-39-47-55-69(6)7)66-92-96(85,86)90-62-71(78)61-89-95(83,84)91-65-72(93-76(81)59-51-43-33-27-20-16-15-18-24-30-38-46-54-68(4)5)63-87-74(79)57-49-41-32-26-19-14-12-10-11-13-17-23-29-37-45-53-67(2)3/h67-73,78H,9-66H2,1-8H3,(H,83,84)(H,85,86)/t70?,71-,72-,73-/m1/s1. The van der Waals surface area contributed by atoms with Crippen molar-refractivity contribution in [2.45, 2.75) is 408 Å². The first kappa shape index (κ1) is 94.1. The number of ether oxygens (including phenoxy) is 4. The Kier molecular flexibility index (Phi) is 65.0. The van der Waals surface area contributed by atoms with E-state index in [9.17, 15) is 43.2 Å². The number of esters is 4. The summed E-state index contributed by atoms with van der Waals surface area (Å²) >= 11 is 0. The summed E-state index contributed by atoms with van der Waals surface area (Å²) in [7, 11) is -9.92. The van der Waals surface area contributed by atoms with Gasteiger partial charge < -0.3 is 33.8 Å². The van der Waals surface area contributed by atoms with E-state index in [1.165, 1.54) is 186 Å². The quantitative estimate of drug-likeness (QED) is 0.0222. The Labute approximate surface area is 588 Å². The van der Waals surface area contributed by atoms with Crippen LogP contribution in [0.25, 0.3) is 0 Å². The Hall–Kier alpha value is -1.94. The first-order valence-corrected chi connectivity index (χ1v) is 42.7. The molecule has 0 aromatic carbocycles. The molecule has 3 unspecified atom stereocenters. The second-order valence-electron chi connectivity index (χ2n) is 29.4. The molecular formula is C77H150O17P2. The lowest BCUT2D eigenvalue weighted by atomic mass is 10.00. The van der Waals surface area contributed by atoms with Crippen LogP contribution in [0.3, 0.4) is 0 Å². The highest BCUT2D eigenvalue weighted by Gasteiger charge is 2.30. The van der Waals surface area contributed by atoms with Gasteiger partial charge in [0.15, 0.2) is 12.2 Å². The zero-order chi connectivity index (χ0) is 71.0. The summed E-state index contributed by atoms with van der Waals surface area (Å²) in [5, 5.41) is 10.6. The summed E-state index contributed by atoms with van der Waals surface area (Å²) in [4.78, 5) is 72.9. The minimum atomic E-state index is -4.96. The summed E-state index contributed by atoms with van der Waals surface area (Å²) in [6.07, 6.45) is 51.3. The molecule has 17 nitrogen and oxygen atoms in total. The number of unbranched alkanes of at least 4 members (excludes halogenated alkanes) is 39. The summed E-state index contributed by atoms with van der Waals surface area (Å²) < 4.78 is 68.6. The average Bonchev–Trinajstić information content (AvgIpc) is 1.64. The smallest absolute Gasteiger partial charge is 0.462 e. The maximum atomic E-state index is 13.1. The van der Waals surface area contributed by atoms with Gasteiger partial charge in [-0.1, -0.05) is 338 Å². The lowest BCUT2D eigenvalue weighted by molar-refractivity contribution is -0.161. The highest BCUT2D eigenvalue weighted by molar-refractivity contribution is 7.47. The Morgan fingerprint density at radius 1 is 0.292 bits per heavy atom. The van der Waals surface area contributed by atoms with Gasteiger partial charge in [0.05, 0.1) is 26.4 Å². The normalized spacial score (nSPS) is 14.4. The first-order chi connectivity index (χ1) is 46.1. The van der Waals surface area contributed by atoms with Gasteiger partial charge in [-0.05, 0) is 49.4 Å². The molecule has 570 valence electrons. The fourth-order valence-electron chi connectivity index (χ4n) is 11.7. The number of hydrogen-bond donors (Lipinski definition) is 3. The molecule has 0 aromatic rings. The molecule has 0 aromatic heterocycles. The zero-order valence-electron chi connectivity index (χ0n) is 63.0. The summed E-state index contributed by atoms with van der Waals surface area (Å²) in [5.74, 6) is 0.946. The maximum absolute atomic E-state index is 13.1. The second-order valence-corrected chi connectivity index (χ2v) is 32.3. The van der Waals surface area contributed by atoms with Crippen molar-refractivity contribution < 1.29 is 80.2 Å². The van der Waals surface area contributed by atoms with Gasteiger partial charge in [0.2, 0.25) is 0 Å². The third kappa shape index (κ3) is 69.2. The summed E-state index contributed by atoms with van der Waals surface area (Å²) in [5.41, 5.74) is 0. The van der Waals surface area contributed by atoms with E-state index in [0.717, 1.165) is 120 Å². The van der Waals surface area contributed by atoms with Gasteiger partial charge >= 0.3 is 39.5 Å². The van der Waals surface area contributed by atoms with Gasteiger partial charge in [0.25, 0.3) is 0 Å². The van der Waals surface area contributed by atoms with E-state index in [-0.39, 0.29) is 25.7 Å². The topological polar surface area (TPSA) is 237 Å².